The van der Waals surface area contributed by atoms with Gasteiger partial charge in [-0.3, -0.25) is 9.69 Å². The number of ether oxygens (including phenoxy) is 1. The number of H-pyrrole nitrogens is 1. The SMILES string of the molecule is Cc1cc(C)c2cc(CN(CCN3CCOCC3)C(=O)Nc3ccc(F)cc3)c(=O)[nH]c2c1. The van der Waals surface area contributed by atoms with Crippen molar-refractivity contribution >= 4 is 22.6 Å². The molecule has 33 heavy (non-hydrogen) atoms. The molecule has 1 aromatic heterocycles. The summed E-state index contributed by atoms with van der Waals surface area (Å²) in [6.45, 7) is 8.23. The molecule has 174 valence electrons. The Kier molecular flexibility index (Phi) is 7.05. The van der Waals surface area contributed by atoms with Gasteiger partial charge in [-0.2, -0.15) is 0 Å². The summed E-state index contributed by atoms with van der Waals surface area (Å²) in [5.41, 5.74) is 3.74. The third-order valence-electron chi connectivity index (χ3n) is 5.92. The van der Waals surface area contributed by atoms with Crippen molar-refractivity contribution in [2.24, 2.45) is 0 Å². The zero-order valence-electron chi connectivity index (χ0n) is 19.0. The lowest BCUT2D eigenvalue weighted by Gasteiger charge is -2.30. The van der Waals surface area contributed by atoms with Crippen molar-refractivity contribution < 1.29 is 13.9 Å². The molecule has 1 aliphatic rings. The average Bonchev–Trinajstić information content (AvgIpc) is 2.79. The first-order valence-electron chi connectivity index (χ1n) is 11.1. The molecule has 7 nitrogen and oxygen atoms in total. The normalized spacial score (nSPS) is 14.4. The van der Waals surface area contributed by atoms with Crippen LogP contribution in [0.15, 0.2) is 47.3 Å². The van der Waals surface area contributed by atoms with Crippen LogP contribution in [-0.2, 0) is 11.3 Å². The maximum atomic E-state index is 13.2. The van der Waals surface area contributed by atoms with Crippen molar-refractivity contribution in [2.75, 3.05) is 44.7 Å². The fraction of sp³-hybridized carbons (Fsp3) is 0.360. The van der Waals surface area contributed by atoms with Gasteiger partial charge in [0, 0.05) is 48.3 Å². The number of amides is 2. The number of urea groups is 1. The molecule has 0 unspecified atom stereocenters. The summed E-state index contributed by atoms with van der Waals surface area (Å²) in [6, 6.07) is 11.2. The first kappa shape index (κ1) is 22.9. The number of nitrogens with one attached hydrogen (secondary N) is 2. The van der Waals surface area contributed by atoms with E-state index in [1.54, 1.807) is 4.90 Å². The van der Waals surface area contributed by atoms with Crippen LogP contribution in [0.5, 0.6) is 0 Å². The van der Waals surface area contributed by atoms with E-state index in [1.165, 1.54) is 24.3 Å². The lowest BCUT2D eigenvalue weighted by atomic mass is 10.0. The van der Waals surface area contributed by atoms with Crippen LogP contribution in [0.2, 0.25) is 0 Å². The minimum atomic E-state index is -0.370. The Morgan fingerprint density at radius 1 is 1.15 bits per heavy atom. The largest absolute Gasteiger partial charge is 0.379 e. The summed E-state index contributed by atoms with van der Waals surface area (Å²) in [5.74, 6) is -0.370. The Labute approximate surface area is 192 Å². The maximum absolute atomic E-state index is 13.2. The van der Waals surface area contributed by atoms with Gasteiger partial charge in [0.05, 0.1) is 19.8 Å². The molecule has 1 aliphatic heterocycles. The molecule has 1 saturated heterocycles. The van der Waals surface area contributed by atoms with E-state index in [2.05, 4.69) is 21.3 Å². The van der Waals surface area contributed by atoms with Crippen molar-refractivity contribution in [1.29, 1.82) is 0 Å². The van der Waals surface area contributed by atoms with Gasteiger partial charge in [-0.1, -0.05) is 6.07 Å². The number of benzene rings is 2. The number of rotatable bonds is 6. The smallest absolute Gasteiger partial charge is 0.322 e. The third kappa shape index (κ3) is 5.77. The first-order valence-corrected chi connectivity index (χ1v) is 11.1. The monoisotopic (exact) mass is 452 g/mol. The number of aromatic amines is 1. The van der Waals surface area contributed by atoms with Crippen LogP contribution in [0.4, 0.5) is 14.9 Å². The summed E-state index contributed by atoms with van der Waals surface area (Å²) in [6.07, 6.45) is 0. The minimum Gasteiger partial charge on any atom is -0.379 e. The van der Waals surface area contributed by atoms with Crippen molar-refractivity contribution in [3.05, 3.63) is 75.3 Å². The summed E-state index contributed by atoms with van der Waals surface area (Å²) < 4.78 is 18.7. The summed E-state index contributed by atoms with van der Waals surface area (Å²) in [4.78, 5) is 32.8. The van der Waals surface area contributed by atoms with Gasteiger partial charge < -0.3 is 19.9 Å². The van der Waals surface area contributed by atoms with Crippen LogP contribution >= 0.6 is 0 Å². The second-order valence-corrected chi connectivity index (χ2v) is 8.48. The van der Waals surface area contributed by atoms with E-state index in [0.717, 1.165) is 35.1 Å². The van der Waals surface area contributed by atoms with Gasteiger partial charge >= 0.3 is 6.03 Å². The van der Waals surface area contributed by atoms with Crippen LogP contribution in [0.1, 0.15) is 16.7 Å². The molecule has 8 heteroatoms. The fourth-order valence-corrected chi connectivity index (χ4v) is 4.11. The molecule has 2 amide bonds. The highest BCUT2D eigenvalue weighted by atomic mass is 19.1. The van der Waals surface area contributed by atoms with Gasteiger partial charge in [-0.25, -0.2) is 9.18 Å². The lowest BCUT2D eigenvalue weighted by Crippen LogP contribution is -2.44. The molecule has 1 fully saturated rings. The van der Waals surface area contributed by atoms with Crippen molar-refractivity contribution in [3.8, 4) is 0 Å². The van der Waals surface area contributed by atoms with Crippen LogP contribution in [-0.4, -0.2) is 60.2 Å². The minimum absolute atomic E-state index is 0.163. The molecule has 0 spiro atoms. The summed E-state index contributed by atoms with van der Waals surface area (Å²) >= 11 is 0. The van der Waals surface area contributed by atoms with E-state index < -0.39 is 0 Å². The zero-order chi connectivity index (χ0) is 23.4. The molecule has 3 aromatic rings. The number of carbonyl (C=O) groups is 1. The van der Waals surface area contributed by atoms with Gasteiger partial charge in [-0.05, 0) is 61.4 Å². The topological polar surface area (TPSA) is 77.7 Å². The van der Waals surface area contributed by atoms with Crippen LogP contribution < -0.4 is 10.9 Å². The molecule has 2 N–H and O–H groups in total. The Balaban J connectivity index is 1.57. The van der Waals surface area contributed by atoms with E-state index in [0.29, 0.717) is 37.6 Å². The Bertz CT molecular complexity index is 1190. The average molecular weight is 453 g/mol. The molecule has 0 atom stereocenters. The predicted molar refractivity (Wildman–Crippen MR) is 127 cm³/mol. The molecule has 0 radical (unpaired) electrons. The van der Waals surface area contributed by atoms with Crippen LogP contribution in [0.25, 0.3) is 10.9 Å². The molecule has 2 heterocycles. The van der Waals surface area contributed by atoms with E-state index >= 15 is 0 Å². The Morgan fingerprint density at radius 3 is 2.61 bits per heavy atom. The van der Waals surface area contributed by atoms with Crippen LogP contribution in [0.3, 0.4) is 0 Å². The number of nitrogens with zero attached hydrogens (tertiary/aromatic N) is 2. The Morgan fingerprint density at radius 2 is 1.88 bits per heavy atom. The van der Waals surface area contributed by atoms with Gasteiger partial charge in [0.25, 0.3) is 5.56 Å². The van der Waals surface area contributed by atoms with E-state index in [9.17, 15) is 14.0 Å². The molecular weight excluding hydrogens is 423 g/mol. The number of anilines is 1. The van der Waals surface area contributed by atoms with Crippen molar-refractivity contribution in [2.45, 2.75) is 20.4 Å². The summed E-state index contributed by atoms with van der Waals surface area (Å²) in [7, 11) is 0. The maximum Gasteiger partial charge on any atom is 0.322 e. The standard InChI is InChI=1S/C25H29FN4O3/c1-17-13-18(2)22-15-19(24(31)28-23(22)14-17)16-30(8-7-29-9-11-33-12-10-29)25(32)27-21-5-3-20(26)4-6-21/h3-6,13-15H,7-12,16H2,1-2H3,(H,27,32)(H,28,31). The highest BCUT2D eigenvalue weighted by Crippen LogP contribution is 2.19. The highest BCUT2D eigenvalue weighted by Gasteiger charge is 2.19. The van der Waals surface area contributed by atoms with Gasteiger partial charge in [0.15, 0.2) is 0 Å². The fourth-order valence-electron chi connectivity index (χ4n) is 4.11. The Hall–Kier alpha value is -3.23. The number of pyridine rings is 1. The number of hydrogen-bond acceptors (Lipinski definition) is 4. The molecular formula is C25H29FN4O3. The second kappa shape index (κ2) is 10.1. The van der Waals surface area contributed by atoms with Gasteiger partial charge in [0.1, 0.15) is 5.82 Å². The van der Waals surface area contributed by atoms with Gasteiger partial charge in [0.2, 0.25) is 0 Å². The second-order valence-electron chi connectivity index (χ2n) is 8.48. The van der Waals surface area contributed by atoms with E-state index in [-0.39, 0.29) is 24.0 Å². The number of fused-ring (bicyclic) bond motifs is 1. The molecule has 0 bridgehead atoms. The predicted octanol–water partition coefficient (Wildman–Crippen LogP) is 3.65. The van der Waals surface area contributed by atoms with Gasteiger partial charge in [-0.15, -0.1) is 0 Å². The van der Waals surface area contributed by atoms with E-state index in [4.69, 9.17) is 4.74 Å². The number of aromatic nitrogens is 1. The third-order valence-corrected chi connectivity index (χ3v) is 5.92. The number of halogens is 1. The number of morpholine rings is 1. The highest BCUT2D eigenvalue weighted by molar-refractivity contribution is 5.89. The van der Waals surface area contributed by atoms with Crippen molar-refractivity contribution in [3.63, 3.8) is 0 Å². The lowest BCUT2D eigenvalue weighted by molar-refractivity contribution is 0.0349. The number of carbonyl (C=O) groups excluding carboxylic acids is 1. The zero-order valence-corrected chi connectivity index (χ0v) is 19.0. The quantitative estimate of drug-likeness (QED) is 0.599. The molecule has 4 rings (SSSR count). The van der Waals surface area contributed by atoms with Crippen molar-refractivity contribution in [1.82, 2.24) is 14.8 Å². The molecule has 0 saturated carbocycles. The first-order chi connectivity index (χ1) is 15.9. The van der Waals surface area contributed by atoms with Crippen LogP contribution in [0, 0.1) is 19.7 Å². The molecule has 2 aromatic carbocycles. The number of hydrogen-bond donors (Lipinski definition) is 2. The number of aryl methyl sites for hydroxylation is 2. The summed E-state index contributed by atoms with van der Waals surface area (Å²) in [5, 5.41) is 3.78. The molecule has 0 aliphatic carbocycles. The van der Waals surface area contributed by atoms with E-state index in [1.807, 2.05) is 26.0 Å².